The third-order valence-electron chi connectivity index (χ3n) is 15.2. The first-order chi connectivity index (χ1) is 21.9. The van der Waals surface area contributed by atoms with Crippen molar-refractivity contribution in [3.8, 4) is 0 Å². The maximum atomic E-state index is 11.8. The highest BCUT2D eigenvalue weighted by atomic mass is 32.2. The summed E-state index contributed by atoms with van der Waals surface area (Å²) in [4.78, 5) is 0. The van der Waals surface area contributed by atoms with E-state index in [4.69, 9.17) is 8.85 Å². The zero-order chi connectivity index (χ0) is 36.3. The van der Waals surface area contributed by atoms with Crippen LogP contribution in [0.5, 0.6) is 0 Å². The average molecular weight is 721 g/mol. The van der Waals surface area contributed by atoms with Crippen LogP contribution in [0.3, 0.4) is 0 Å². The summed E-state index contributed by atoms with van der Waals surface area (Å²) >= 11 is 2.03. The first kappa shape index (κ1) is 40.9. The van der Waals surface area contributed by atoms with Crippen LogP contribution >= 0.6 is 11.8 Å². The zero-order valence-corrected chi connectivity index (χ0v) is 36.7. The molecule has 0 aromatic heterocycles. The predicted octanol–water partition coefficient (Wildman–Crippen LogP) is 11.3. The van der Waals surface area contributed by atoms with E-state index in [9.17, 15) is 10.2 Å². The van der Waals surface area contributed by atoms with Gasteiger partial charge in [-0.3, -0.25) is 0 Å². The largest absolute Gasteiger partial charge is 0.414 e. The van der Waals surface area contributed by atoms with Crippen molar-refractivity contribution in [1.29, 1.82) is 0 Å². The van der Waals surface area contributed by atoms with Crippen molar-refractivity contribution in [2.24, 2.45) is 28.6 Å². The molecule has 0 bridgehead atoms. The van der Waals surface area contributed by atoms with Gasteiger partial charge >= 0.3 is 0 Å². The van der Waals surface area contributed by atoms with Gasteiger partial charge in [0.25, 0.3) is 0 Å². The summed E-state index contributed by atoms with van der Waals surface area (Å²) in [5, 5.41) is 23.3. The van der Waals surface area contributed by atoms with Crippen molar-refractivity contribution in [2.75, 3.05) is 5.75 Å². The minimum Gasteiger partial charge on any atom is -0.414 e. The molecule has 3 saturated carbocycles. The van der Waals surface area contributed by atoms with Crippen molar-refractivity contribution in [2.45, 2.75) is 199 Å². The van der Waals surface area contributed by atoms with Gasteiger partial charge in [-0.05, 0) is 117 Å². The number of aliphatic hydroxyl groups is 2. The van der Waals surface area contributed by atoms with Gasteiger partial charge in [0.05, 0.1) is 23.9 Å². The van der Waals surface area contributed by atoms with E-state index in [0.29, 0.717) is 17.1 Å². The molecule has 0 unspecified atom stereocenters. The topological polar surface area (TPSA) is 58.9 Å². The lowest BCUT2D eigenvalue weighted by Gasteiger charge is -2.59. The first-order valence-corrected chi connectivity index (χ1v) is 26.5. The molecule has 4 aliphatic carbocycles. The van der Waals surface area contributed by atoms with Gasteiger partial charge in [-0.2, -0.15) is 11.8 Å². The maximum Gasteiger partial charge on any atom is 0.192 e. The highest BCUT2D eigenvalue weighted by Crippen LogP contribution is 2.67. The summed E-state index contributed by atoms with van der Waals surface area (Å²) in [6.07, 6.45) is 13.8. The lowest BCUT2D eigenvalue weighted by Crippen LogP contribution is -2.58. The maximum absolute atomic E-state index is 11.8. The number of hydrogen-bond donors (Lipinski definition) is 2. The lowest BCUT2D eigenvalue weighted by molar-refractivity contribution is -0.0438. The molecule has 0 radical (unpaired) electrons. The van der Waals surface area contributed by atoms with Crippen LogP contribution in [-0.4, -0.2) is 61.8 Å². The van der Waals surface area contributed by atoms with Crippen molar-refractivity contribution in [3.63, 3.8) is 0 Å². The second kappa shape index (κ2) is 14.2. The molecule has 0 aliphatic heterocycles. The van der Waals surface area contributed by atoms with Crippen LogP contribution in [0.25, 0.3) is 0 Å². The van der Waals surface area contributed by atoms with Crippen molar-refractivity contribution in [1.82, 2.24) is 0 Å². The number of hydrogen-bond acceptors (Lipinski definition) is 5. The van der Waals surface area contributed by atoms with Gasteiger partial charge in [0, 0.05) is 16.6 Å². The number of allylic oxidation sites excluding steroid dienone is 3. The van der Waals surface area contributed by atoms with Gasteiger partial charge in [0.15, 0.2) is 16.6 Å². The number of rotatable bonds is 12. The van der Waals surface area contributed by atoms with Crippen LogP contribution in [0.15, 0.2) is 23.3 Å². The molecule has 9 atom stereocenters. The minimum absolute atomic E-state index is 0.0486. The quantitative estimate of drug-likeness (QED) is 0.155. The van der Waals surface area contributed by atoms with E-state index >= 15 is 0 Å². The molecule has 0 spiro atoms. The summed E-state index contributed by atoms with van der Waals surface area (Å²) in [5.74, 6) is 2.20. The fourth-order valence-electron chi connectivity index (χ4n) is 9.67. The van der Waals surface area contributed by atoms with Crippen LogP contribution < -0.4 is 0 Å². The Morgan fingerprint density at radius 3 is 2.06 bits per heavy atom. The van der Waals surface area contributed by atoms with Crippen LogP contribution in [0, 0.1) is 28.6 Å². The van der Waals surface area contributed by atoms with E-state index in [-0.39, 0.29) is 45.1 Å². The summed E-state index contributed by atoms with van der Waals surface area (Å²) in [6.45, 7) is 35.4. The highest BCUT2D eigenvalue weighted by molar-refractivity contribution is 7.99. The third kappa shape index (κ3) is 7.60. The zero-order valence-electron chi connectivity index (χ0n) is 33.9. The highest BCUT2D eigenvalue weighted by Gasteiger charge is 2.62. The smallest absolute Gasteiger partial charge is 0.192 e. The van der Waals surface area contributed by atoms with Gasteiger partial charge in [0.2, 0.25) is 0 Å². The molecule has 0 heterocycles. The molecule has 4 rings (SSSR count). The normalized spacial score (nSPS) is 35.4. The van der Waals surface area contributed by atoms with Gasteiger partial charge in [-0.1, -0.05) is 99.5 Å². The molecule has 278 valence electrons. The molecule has 48 heavy (non-hydrogen) atoms. The summed E-state index contributed by atoms with van der Waals surface area (Å²) in [7, 11) is -4.00. The van der Waals surface area contributed by atoms with Crippen LogP contribution in [0.1, 0.15) is 134 Å². The standard InChI is InChI=1S/C41H76O4SSi2/c1-16-41(43,17-2)22-18-24-46-28(3)36-34(42)27-33-31-20-19-29-25-30(44-47(12,13)37(4,5)6)26-35(45-48(14,15)38(7,8)9)40(29,11)32(31)21-23-39(33,36)10/h19-20,28,30,32-36,42-43H,16-18,21-27H2,1-15H3/t28-,30+,32-,33-,34+,35-,36-,39-,40-/m0/s1. The molecule has 3 fully saturated rings. The fraction of sp³-hybridized carbons (Fsp3) is 0.902. The molecule has 0 aromatic rings. The van der Waals surface area contributed by atoms with Crippen LogP contribution in [0.4, 0.5) is 0 Å². The Hall–Kier alpha value is 0.104. The van der Waals surface area contributed by atoms with Crippen molar-refractivity contribution >= 4 is 28.4 Å². The van der Waals surface area contributed by atoms with Crippen molar-refractivity contribution < 1.29 is 19.1 Å². The van der Waals surface area contributed by atoms with E-state index in [1.165, 1.54) is 12.0 Å². The van der Waals surface area contributed by atoms with Gasteiger partial charge in [-0.15, -0.1) is 0 Å². The molecule has 4 nitrogen and oxygen atoms in total. The van der Waals surface area contributed by atoms with E-state index < -0.39 is 22.2 Å². The second-order valence-electron chi connectivity index (χ2n) is 20.0. The van der Waals surface area contributed by atoms with Crippen molar-refractivity contribution in [3.05, 3.63) is 23.3 Å². The molecule has 2 N–H and O–H groups in total. The van der Waals surface area contributed by atoms with Crippen LogP contribution in [-0.2, 0) is 8.85 Å². The van der Waals surface area contributed by atoms with E-state index in [0.717, 1.165) is 57.1 Å². The van der Waals surface area contributed by atoms with Gasteiger partial charge < -0.3 is 19.1 Å². The van der Waals surface area contributed by atoms with Crippen LogP contribution in [0.2, 0.25) is 36.3 Å². The summed E-state index contributed by atoms with van der Waals surface area (Å²) < 4.78 is 14.7. The number of thioether (sulfide) groups is 1. The molecular formula is C41H76O4SSi2. The Labute approximate surface area is 303 Å². The minimum atomic E-state index is -2.06. The predicted molar refractivity (Wildman–Crippen MR) is 213 cm³/mol. The average Bonchev–Trinajstić information content (AvgIpc) is 3.24. The van der Waals surface area contributed by atoms with Gasteiger partial charge in [0.1, 0.15) is 0 Å². The SMILES string of the molecule is CCC(O)(CC)CCCS[C@@H](C)[C@H]1[C@H](O)C[C@H]2C3=CC=C4C[C@@H](O[Si](C)(C)C(C)(C)C)C[C@H](O[Si](C)(C)C(C)(C)C)[C@]4(C)[C@H]3CC[C@]12C. The molecular weight excluding hydrogens is 645 g/mol. The molecule has 7 heteroatoms. The monoisotopic (exact) mass is 721 g/mol. The molecule has 0 aromatic carbocycles. The molecule has 4 aliphatic rings. The summed E-state index contributed by atoms with van der Waals surface area (Å²) in [6, 6.07) is 0. The Kier molecular flexibility index (Phi) is 12.1. The Morgan fingerprint density at radius 1 is 0.917 bits per heavy atom. The lowest BCUT2D eigenvalue weighted by atomic mass is 9.49. The first-order valence-electron chi connectivity index (χ1n) is 19.7. The third-order valence-corrected chi connectivity index (χ3v) is 25.6. The fourth-order valence-corrected chi connectivity index (χ4v) is 13.8. The molecule has 0 amide bonds. The Bertz CT molecular complexity index is 1190. The number of aliphatic hydroxyl groups excluding tert-OH is 1. The van der Waals surface area contributed by atoms with Gasteiger partial charge in [-0.25, -0.2) is 0 Å². The summed E-state index contributed by atoms with van der Waals surface area (Å²) in [5.41, 5.74) is 2.66. The second-order valence-corrected chi connectivity index (χ2v) is 31.0. The number of fused-ring (bicyclic) bond motifs is 5. The Balaban J connectivity index is 1.62. The molecule has 0 saturated heterocycles. The van der Waals surface area contributed by atoms with E-state index in [1.807, 2.05) is 11.8 Å². The van der Waals surface area contributed by atoms with E-state index in [1.54, 1.807) is 5.57 Å². The van der Waals surface area contributed by atoms with E-state index in [2.05, 4.69) is 115 Å². The Morgan fingerprint density at radius 2 is 1.50 bits per heavy atom.